The molecule has 4 aromatic rings. The summed E-state index contributed by atoms with van der Waals surface area (Å²) in [5.74, 6) is -0.995. The number of esters is 1. The van der Waals surface area contributed by atoms with E-state index in [1.165, 1.54) is 11.3 Å². The molecule has 0 aliphatic rings. The number of Topliss-reactive ketones (excluding diaryl/α,β-unsaturated/α-hetero) is 1. The number of hydrogen-bond acceptors (Lipinski definition) is 6. The summed E-state index contributed by atoms with van der Waals surface area (Å²) in [7, 11) is 0. The average molecular weight is 366 g/mol. The van der Waals surface area contributed by atoms with Gasteiger partial charge in [-0.2, -0.15) is 0 Å². The van der Waals surface area contributed by atoms with Crippen LogP contribution in [0.5, 0.6) is 0 Å². The van der Waals surface area contributed by atoms with Crippen molar-refractivity contribution in [3.63, 3.8) is 0 Å². The second-order valence-corrected chi connectivity index (χ2v) is 6.68. The summed E-state index contributed by atoms with van der Waals surface area (Å²) in [6, 6.07) is 12.8. The summed E-state index contributed by atoms with van der Waals surface area (Å²) in [6.07, 6.45) is 0. The molecule has 26 heavy (non-hydrogen) atoms. The van der Waals surface area contributed by atoms with E-state index >= 15 is 0 Å². The van der Waals surface area contributed by atoms with Crippen molar-refractivity contribution < 1.29 is 18.8 Å². The Kier molecular flexibility index (Phi) is 4.14. The number of nitrogens with zero attached hydrogens (tertiary/aromatic N) is 1. The molecule has 0 aliphatic heterocycles. The van der Waals surface area contributed by atoms with E-state index in [2.05, 4.69) is 10.1 Å². The van der Waals surface area contributed by atoms with Crippen molar-refractivity contribution >= 4 is 34.0 Å². The number of carbonyl (C=O) groups excluding carboxylic acids is 2. The van der Waals surface area contributed by atoms with Gasteiger partial charge in [0, 0.05) is 22.7 Å². The van der Waals surface area contributed by atoms with E-state index in [-0.39, 0.29) is 6.61 Å². The first kappa shape index (κ1) is 16.3. The molecule has 0 atom stereocenters. The van der Waals surface area contributed by atoms with Gasteiger partial charge in [-0.15, -0.1) is 11.3 Å². The summed E-state index contributed by atoms with van der Waals surface area (Å²) in [5.41, 5.74) is 2.23. The van der Waals surface area contributed by atoms with Crippen LogP contribution in [0.2, 0.25) is 0 Å². The van der Waals surface area contributed by atoms with Gasteiger partial charge < -0.3 is 14.2 Å². The molecule has 3 aromatic heterocycles. The van der Waals surface area contributed by atoms with Gasteiger partial charge >= 0.3 is 5.97 Å². The summed E-state index contributed by atoms with van der Waals surface area (Å²) in [5, 5.41) is 6.50. The monoisotopic (exact) mass is 366 g/mol. The van der Waals surface area contributed by atoms with Crippen molar-refractivity contribution in [1.82, 2.24) is 10.1 Å². The van der Waals surface area contributed by atoms with E-state index < -0.39 is 11.8 Å². The highest BCUT2D eigenvalue weighted by atomic mass is 32.1. The van der Waals surface area contributed by atoms with E-state index in [9.17, 15) is 9.59 Å². The minimum atomic E-state index is -0.918. The van der Waals surface area contributed by atoms with E-state index in [1.807, 2.05) is 35.7 Å². The molecule has 0 unspecified atom stereocenters. The molecule has 0 radical (unpaired) electrons. The smallest absolute Gasteiger partial charge is 0.380 e. The van der Waals surface area contributed by atoms with Gasteiger partial charge in [-0.1, -0.05) is 29.4 Å². The van der Waals surface area contributed by atoms with Crippen molar-refractivity contribution in [2.45, 2.75) is 13.5 Å². The van der Waals surface area contributed by atoms with E-state index in [0.29, 0.717) is 28.1 Å². The van der Waals surface area contributed by atoms with Crippen molar-refractivity contribution in [1.29, 1.82) is 0 Å². The van der Waals surface area contributed by atoms with Crippen LogP contribution in [-0.4, -0.2) is 21.9 Å². The topological polar surface area (TPSA) is 85.2 Å². The van der Waals surface area contributed by atoms with Crippen LogP contribution in [0.3, 0.4) is 0 Å². The van der Waals surface area contributed by atoms with E-state index in [4.69, 9.17) is 9.26 Å². The lowest BCUT2D eigenvalue weighted by molar-refractivity contribution is -0.139. The highest BCUT2D eigenvalue weighted by Gasteiger charge is 2.24. The maximum atomic E-state index is 12.5. The van der Waals surface area contributed by atoms with Gasteiger partial charge in [-0.25, -0.2) is 4.79 Å². The molecule has 6 nitrogen and oxygen atoms in total. The lowest BCUT2D eigenvalue weighted by atomic mass is 10.1. The molecule has 0 aliphatic carbocycles. The lowest BCUT2D eigenvalue weighted by Crippen LogP contribution is -2.18. The number of aryl methyl sites for hydroxylation is 1. The maximum absolute atomic E-state index is 12.5. The van der Waals surface area contributed by atoms with E-state index in [1.54, 1.807) is 19.1 Å². The largest absolute Gasteiger partial charge is 0.453 e. The minimum absolute atomic E-state index is 0.124. The highest BCUT2D eigenvalue weighted by Crippen LogP contribution is 2.26. The van der Waals surface area contributed by atoms with Crippen LogP contribution in [0, 0.1) is 6.92 Å². The first-order chi connectivity index (χ1) is 12.6. The fourth-order valence-electron chi connectivity index (χ4n) is 2.79. The second kappa shape index (κ2) is 6.61. The molecule has 0 fully saturated rings. The normalized spacial score (nSPS) is 11.0. The third-order valence-corrected chi connectivity index (χ3v) is 4.86. The third-order valence-electron chi connectivity index (χ3n) is 3.98. The molecule has 0 saturated carbocycles. The number of ether oxygens (including phenoxy) is 1. The number of rotatable bonds is 5. The number of aromatic amines is 1. The average Bonchev–Trinajstić information content (AvgIpc) is 3.37. The Morgan fingerprint density at radius 1 is 1.23 bits per heavy atom. The molecule has 0 amide bonds. The predicted molar refractivity (Wildman–Crippen MR) is 97.0 cm³/mol. The number of aromatic nitrogens is 2. The molecule has 0 bridgehead atoms. The van der Waals surface area contributed by atoms with Crippen LogP contribution in [0.25, 0.3) is 21.5 Å². The molecule has 130 valence electrons. The number of hydrogen-bond donors (Lipinski definition) is 1. The van der Waals surface area contributed by atoms with Crippen LogP contribution >= 0.6 is 11.3 Å². The fourth-order valence-corrected chi connectivity index (χ4v) is 3.46. The van der Waals surface area contributed by atoms with Gasteiger partial charge in [0.05, 0.1) is 10.4 Å². The number of H-pyrrole nitrogens is 1. The van der Waals surface area contributed by atoms with Gasteiger partial charge in [0.15, 0.2) is 5.76 Å². The lowest BCUT2D eigenvalue weighted by Gasteiger charge is -2.02. The van der Waals surface area contributed by atoms with Crippen LogP contribution in [0.4, 0.5) is 0 Å². The summed E-state index contributed by atoms with van der Waals surface area (Å²) < 4.78 is 10.4. The molecular weight excluding hydrogens is 352 g/mol. The van der Waals surface area contributed by atoms with Crippen molar-refractivity contribution in [2.24, 2.45) is 0 Å². The zero-order valence-corrected chi connectivity index (χ0v) is 14.6. The Balaban J connectivity index is 1.48. The number of thiophene rings is 1. The molecule has 1 aromatic carbocycles. The SMILES string of the molecule is Cc1[nH]c2ccccc2c1C(=O)C(=O)OCc1cc(-c2cccs2)on1. The number of benzene rings is 1. The predicted octanol–water partition coefficient (Wildman–Crippen LogP) is 4.12. The first-order valence-electron chi connectivity index (χ1n) is 7.91. The molecule has 0 spiro atoms. The Morgan fingerprint density at radius 3 is 2.88 bits per heavy atom. The van der Waals surface area contributed by atoms with Crippen molar-refractivity contribution in [2.75, 3.05) is 0 Å². The first-order valence-corrected chi connectivity index (χ1v) is 8.79. The zero-order chi connectivity index (χ0) is 18.1. The molecule has 3 heterocycles. The minimum Gasteiger partial charge on any atom is -0.453 e. The Labute approximate surface area is 152 Å². The summed E-state index contributed by atoms with van der Waals surface area (Å²) in [4.78, 5) is 28.8. The van der Waals surface area contributed by atoms with Crippen LogP contribution in [0.1, 0.15) is 21.7 Å². The van der Waals surface area contributed by atoms with Crippen LogP contribution < -0.4 is 0 Å². The summed E-state index contributed by atoms with van der Waals surface area (Å²) in [6.45, 7) is 1.63. The number of ketones is 1. The third kappa shape index (κ3) is 2.93. The standard InChI is InChI=1S/C19H14N2O4S/c1-11-17(13-5-2-3-6-14(13)20-11)18(22)19(23)24-10-12-9-15(25-21-12)16-7-4-8-26-16/h2-9,20H,10H2,1H3. The molecule has 4 rings (SSSR count). The number of carbonyl (C=O) groups is 2. The van der Waals surface area contributed by atoms with Gasteiger partial charge in [-0.3, -0.25) is 4.79 Å². The van der Waals surface area contributed by atoms with Crippen LogP contribution in [0.15, 0.2) is 52.4 Å². The molecule has 1 N–H and O–H groups in total. The number of para-hydroxylation sites is 1. The number of nitrogens with one attached hydrogen (secondary N) is 1. The van der Waals surface area contributed by atoms with Gasteiger partial charge in [-0.05, 0) is 24.4 Å². The number of fused-ring (bicyclic) bond motifs is 1. The Hall–Kier alpha value is -3.19. The van der Waals surface area contributed by atoms with Gasteiger partial charge in [0.1, 0.15) is 12.3 Å². The fraction of sp³-hybridized carbons (Fsp3) is 0.105. The molecule has 0 saturated heterocycles. The summed E-state index contributed by atoms with van der Waals surface area (Å²) >= 11 is 1.52. The molecular formula is C19H14N2O4S. The Bertz CT molecular complexity index is 1090. The van der Waals surface area contributed by atoms with E-state index in [0.717, 1.165) is 10.4 Å². The zero-order valence-electron chi connectivity index (χ0n) is 13.8. The van der Waals surface area contributed by atoms with Gasteiger partial charge in [0.25, 0.3) is 5.78 Å². The maximum Gasteiger partial charge on any atom is 0.380 e. The second-order valence-electron chi connectivity index (χ2n) is 5.74. The van der Waals surface area contributed by atoms with Crippen molar-refractivity contribution in [3.05, 3.63) is 64.8 Å². The quantitative estimate of drug-likeness (QED) is 0.326. The highest BCUT2D eigenvalue weighted by molar-refractivity contribution is 7.13. The Morgan fingerprint density at radius 2 is 2.08 bits per heavy atom. The van der Waals surface area contributed by atoms with Crippen molar-refractivity contribution in [3.8, 4) is 10.6 Å². The molecule has 7 heteroatoms. The van der Waals surface area contributed by atoms with Gasteiger partial charge in [0.2, 0.25) is 0 Å². The van der Waals surface area contributed by atoms with Crippen LogP contribution in [-0.2, 0) is 16.1 Å².